The standard InChI is InChI=1S/C25H27F/c1-3-5-6-7-20-10-12-21(13-11-20)23-16-17-24(25(26)18-23)22-14-8-19(4-2)9-15-22/h8-18H,3-7H2,1-2H3. The van der Waals surface area contributed by atoms with Gasteiger partial charge >= 0.3 is 0 Å². The molecular weight excluding hydrogens is 319 g/mol. The first kappa shape index (κ1) is 18.4. The van der Waals surface area contributed by atoms with Crippen molar-refractivity contribution in [3.05, 3.63) is 83.7 Å². The fraction of sp³-hybridized carbons (Fsp3) is 0.280. The first-order valence-corrected chi connectivity index (χ1v) is 9.69. The van der Waals surface area contributed by atoms with Crippen LogP contribution in [0.3, 0.4) is 0 Å². The van der Waals surface area contributed by atoms with E-state index < -0.39 is 0 Å². The molecule has 0 saturated carbocycles. The van der Waals surface area contributed by atoms with Gasteiger partial charge < -0.3 is 0 Å². The zero-order valence-electron chi connectivity index (χ0n) is 15.8. The molecule has 0 nitrogen and oxygen atoms in total. The van der Waals surface area contributed by atoms with E-state index in [-0.39, 0.29) is 5.82 Å². The lowest BCUT2D eigenvalue weighted by molar-refractivity contribution is 0.632. The normalized spacial score (nSPS) is 10.9. The maximum atomic E-state index is 14.7. The quantitative estimate of drug-likeness (QED) is 0.390. The summed E-state index contributed by atoms with van der Waals surface area (Å²) < 4.78 is 14.7. The minimum Gasteiger partial charge on any atom is -0.206 e. The molecule has 0 bridgehead atoms. The van der Waals surface area contributed by atoms with Gasteiger partial charge in [0.15, 0.2) is 0 Å². The van der Waals surface area contributed by atoms with Crippen molar-refractivity contribution in [2.75, 3.05) is 0 Å². The molecule has 0 aromatic heterocycles. The largest absolute Gasteiger partial charge is 0.206 e. The van der Waals surface area contributed by atoms with Crippen LogP contribution in [-0.4, -0.2) is 0 Å². The molecule has 3 aromatic rings. The lowest BCUT2D eigenvalue weighted by atomic mass is 9.97. The number of unbranched alkanes of at least 4 members (excludes halogenated alkanes) is 2. The van der Waals surface area contributed by atoms with E-state index in [0.29, 0.717) is 5.56 Å². The summed E-state index contributed by atoms with van der Waals surface area (Å²) in [4.78, 5) is 0. The van der Waals surface area contributed by atoms with Crippen LogP contribution in [0.25, 0.3) is 22.3 Å². The molecule has 26 heavy (non-hydrogen) atoms. The highest BCUT2D eigenvalue weighted by Crippen LogP contribution is 2.28. The van der Waals surface area contributed by atoms with Crippen molar-refractivity contribution < 1.29 is 4.39 Å². The zero-order valence-corrected chi connectivity index (χ0v) is 15.8. The number of halogens is 1. The van der Waals surface area contributed by atoms with E-state index in [9.17, 15) is 4.39 Å². The monoisotopic (exact) mass is 346 g/mol. The van der Waals surface area contributed by atoms with Gasteiger partial charge in [-0.2, -0.15) is 0 Å². The van der Waals surface area contributed by atoms with E-state index in [1.165, 1.54) is 30.4 Å². The first-order chi connectivity index (χ1) is 12.7. The van der Waals surface area contributed by atoms with Gasteiger partial charge in [-0.3, -0.25) is 0 Å². The van der Waals surface area contributed by atoms with Crippen molar-refractivity contribution >= 4 is 0 Å². The Bertz CT molecular complexity index is 829. The second-order valence-corrected chi connectivity index (χ2v) is 6.90. The smallest absolute Gasteiger partial charge is 0.131 e. The molecule has 0 aliphatic heterocycles. The van der Waals surface area contributed by atoms with Gasteiger partial charge in [-0.05, 0) is 53.1 Å². The lowest BCUT2D eigenvalue weighted by Crippen LogP contribution is -1.89. The third kappa shape index (κ3) is 4.40. The highest BCUT2D eigenvalue weighted by atomic mass is 19.1. The SMILES string of the molecule is CCCCCc1ccc(-c2ccc(-c3ccc(CC)cc3)c(F)c2)cc1. The van der Waals surface area contributed by atoms with Gasteiger partial charge in [-0.15, -0.1) is 0 Å². The maximum absolute atomic E-state index is 14.7. The topological polar surface area (TPSA) is 0 Å². The fourth-order valence-electron chi connectivity index (χ4n) is 3.29. The molecule has 0 atom stereocenters. The van der Waals surface area contributed by atoms with Crippen molar-refractivity contribution in [3.63, 3.8) is 0 Å². The Kier molecular flexibility index (Phi) is 6.22. The molecule has 0 unspecified atom stereocenters. The third-order valence-electron chi connectivity index (χ3n) is 5.00. The lowest BCUT2D eigenvalue weighted by Gasteiger charge is -2.09. The molecule has 3 rings (SSSR count). The number of rotatable bonds is 7. The predicted octanol–water partition coefficient (Wildman–Crippen LogP) is 7.45. The molecule has 0 saturated heterocycles. The van der Waals surface area contributed by atoms with Crippen LogP contribution in [0.15, 0.2) is 66.7 Å². The summed E-state index contributed by atoms with van der Waals surface area (Å²) in [6.07, 6.45) is 5.86. The average molecular weight is 346 g/mol. The van der Waals surface area contributed by atoms with Gasteiger partial charge in [0.2, 0.25) is 0 Å². The second-order valence-electron chi connectivity index (χ2n) is 6.90. The Labute approximate surface area is 156 Å². The van der Waals surface area contributed by atoms with Crippen molar-refractivity contribution in [3.8, 4) is 22.3 Å². The number of benzene rings is 3. The molecule has 0 spiro atoms. The summed E-state index contributed by atoms with van der Waals surface area (Å²) >= 11 is 0. The van der Waals surface area contributed by atoms with Gasteiger partial charge in [0.05, 0.1) is 0 Å². The summed E-state index contributed by atoms with van der Waals surface area (Å²) in [5.74, 6) is -0.168. The number of hydrogen-bond donors (Lipinski definition) is 0. The Morgan fingerprint density at radius 1 is 0.654 bits per heavy atom. The van der Waals surface area contributed by atoms with Gasteiger partial charge in [-0.25, -0.2) is 4.39 Å². The third-order valence-corrected chi connectivity index (χ3v) is 5.00. The summed E-state index contributed by atoms with van der Waals surface area (Å²) in [6.45, 7) is 4.35. The number of aryl methyl sites for hydroxylation is 2. The first-order valence-electron chi connectivity index (χ1n) is 9.69. The van der Waals surface area contributed by atoms with E-state index in [4.69, 9.17) is 0 Å². The van der Waals surface area contributed by atoms with Crippen LogP contribution in [0.2, 0.25) is 0 Å². The highest BCUT2D eigenvalue weighted by molar-refractivity contribution is 5.71. The molecule has 0 fully saturated rings. The van der Waals surface area contributed by atoms with Crippen LogP contribution in [-0.2, 0) is 12.8 Å². The summed E-state index contributed by atoms with van der Waals surface area (Å²) in [5, 5.41) is 0. The number of hydrogen-bond acceptors (Lipinski definition) is 0. The van der Waals surface area contributed by atoms with Crippen LogP contribution in [0.1, 0.15) is 44.2 Å². The van der Waals surface area contributed by atoms with Gasteiger partial charge in [0.25, 0.3) is 0 Å². The minimum absolute atomic E-state index is 0.168. The van der Waals surface area contributed by atoms with Crippen LogP contribution in [0.4, 0.5) is 4.39 Å². The Morgan fingerprint density at radius 2 is 1.27 bits per heavy atom. The van der Waals surface area contributed by atoms with Gasteiger partial charge in [-0.1, -0.05) is 87.4 Å². The molecule has 1 heteroatoms. The second kappa shape index (κ2) is 8.80. The molecule has 0 N–H and O–H groups in total. The van der Waals surface area contributed by atoms with Crippen LogP contribution in [0, 0.1) is 5.82 Å². The average Bonchev–Trinajstić information content (AvgIpc) is 2.69. The fourth-order valence-corrected chi connectivity index (χ4v) is 3.29. The van der Waals surface area contributed by atoms with E-state index in [1.54, 1.807) is 6.07 Å². The Hall–Kier alpha value is -2.41. The van der Waals surface area contributed by atoms with Crippen LogP contribution < -0.4 is 0 Å². The van der Waals surface area contributed by atoms with E-state index in [1.807, 2.05) is 24.3 Å². The molecule has 0 heterocycles. The molecule has 0 amide bonds. The molecule has 3 aromatic carbocycles. The Morgan fingerprint density at radius 3 is 1.88 bits per heavy atom. The van der Waals surface area contributed by atoms with Crippen molar-refractivity contribution in [1.82, 2.24) is 0 Å². The van der Waals surface area contributed by atoms with Gasteiger partial charge in [0, 0.05) is 5.56 Å². The molecule has 0 radical (unpaired) electrons. The highest BCUT2D eigenvalue weighted by Gasteiger charge is 2.08. The van der Waals surface area contributed by atoms with Crippen molar-refractivity contribution in [1.29, 1.82) is 0 Å². The Balaban J connectivity index is 1.78. The molecular formula is C25H27F. The van der Waals surface area contributed by atoms with Crippen molar-refractivity contribution in [2.45, 2.75) is 46.0 Å². The van der Waals surface area contributed by atoms with Crippen LogP contribution >= 0.6 is 0 Å². The van der Waals surface area contributed by atoms with E-state index in [0.717, 1.165) is 29.5 Å². The summed E-state index contributed by atoms with van der Waals surface area (Å²) in [6, 6.07) is 22.2. The van der Waals surface area contributed by atoms with E-state index >= 15 is 0 Å². The summed E-state index contributed by atoms with van der Waals surface area (Å²) in [7, 11) is 0. The van der Waals surface area contributed by atoms with Crippen molar-refractivity contribution in [2.24, 2.45) is 0 Å². The molecule has 134 valence electrons. The molecule has 0 aliphatic rings. The van der Waals surface area contributed by atoms with Gasteiger partial charge in [0.1, 0.15) is 5.82 Å². The minimum atomic E-state index is -0.168. The zero-order chi connectivity index (χ0) is 18.4. The molecule has 0 aliphatic carbocycles. The predicted molar refractivity (Wildman–Crippen MR) is 110 cm³/mol. The summed E-state index contributed by atoms with van der Waals surface area (Å²) in [5.41, 5.74) is 6.21. The van der Waals surface area contributed by atoms with E-state index in [2.05, 4.69) is 50.2 Å². The maximum Gasteiger partial charge on any atom is 0.131 e. The van der Waals surface area contributed by atoms with Crippen LogP contribution in [0.5, 0.6) is 0 Å².